The SMILES string of the molecule is Cc1c(CNCCC(C)S(C)=O)cnn1C. The van der Waals surface area contributed by atoms with Crippen LogP contribution in [0.3, 0.4) is 0 Å². The molecular weight excluding hydrogens is 222 g/mol. The number of nitrogens with zero attached hydrogens (tertiary/aromatic N) is 2. The highest BCUT2D eigenvalue weighted by Crippen LogP contribution is 2.05. The Morgan fingerprint density at radius 1 is 1.62 bits per heavy atom. The van der Waals surface area contributed by atoms with E-state index in [1.165, 1.54) is 11.3 Å². The van der Waals surface area contributed by atoms with E-state index in [0.29, 0.717) is 0 Å². The molecule has 0 saturated heterocycles. The Bertz CT molecular complexity index is 362. The van der Waals surface area contributed by atoms with E-state index in [-0.39, 0.29) is 5.25 Å². The Morgan fingerprint density at radius 3 is 2.81 bits per heavy atom. The molecule has 2 atom stereocenters. The van der Waals surface area contributed by atoms with E-state index in [1.807, 2.05) is 24.9 Å². The highest BCUT2D eigenvalue weighted by molar-refractivity contribution is 7.84. The molecule has 2 unspecified atom stereocenters. The standard InChI is InChI=1S/C11H21N3OS/c1-9(16(4)15)5-6-12-7-11-8-13-14(3)10(11)2/h8-9,12H,5-7H2,1-4H3. The van der Waals surface area contributed by atoms with Crippen molar-refractivity contribution in [2.24, 2.45) is 7.05 Å². The molecule has 0 fully saturated rings. The third-order valence-electron chi connectivity index (χ3n) is 2.95. The van der Waals surface area contributed by atoms with Crippen LogP contribution in [0, 0.1) is 6.92 Å². The van der Waals surface area contributed by atoms with Gasteiger partial charge >= 0.3 is 0 Å². The van der Waals surface area contributed by atoms with Gasteiger partial charge in [0, 0.05) is 47.2 Å². The number of aryl methyl sites for hydroxylation is 1. The molecule has 1 aromatic rings. The van der Waals surface area contributed by atoms with Crippen LogP contribution in [0.15, 0.2) is 6.20 Å². The summed E-state index contributed by atoms with van der Waals surface area (Å²) >= 11 is 0. The molecule has 5 heteroatoms. The van der Waals surface area contributed by atoms with E-state index in [1.54, 1.807) is 6.26 Å². The molecule has 16 heavy (non-hydrogen) atoms. The van der Waals surface area contributed by atoms with Crippen molar-refractivity contribution in [1.29, 1.82) is 0 Å². The number of rotatable bonds is 6. The molecule has 0 aliphatic rings. The van der Waals surface area contributed by atoms with E-state index >= 15 is 0 Å². The van der Waals surface area contributed by atoms with Gasteiger partial charge in [-0.3, -0.25) is 8.89 Å². The smallest absolute Gasteiger partial charge is 0.0537 e. The summed E-state index contributed by atoms with van der Waals surface area (Å²) in [7, 11) is 1.23. The van der Waals surface area contributed by atoms with Crippen LogP contribution in [0.1, 0.15) is 24.6 Å². The lowest BCUT2D eigenvalue weighted by Gasteiger charge is -2.08. The summed E-state index contributed by atoms with van der Waals surface area (Å²) in [6.07, 6.45) is 4.60. The minimum atomic E-state index is -0.715. The quantitative estimate of drug-likeness (QED) is 0.758. The van der Waals surface area contributed by atoms with Crippen LogP contribution in [0.2, 0.25) is 0 Å². The van der Waals surface area contributed by atoms with Crippen LogP contribution in [0.4, 0.5) is 0 Å². The monoisotopic (exact) mass is 243 g/mol. The largest absolute Gasteiger partial charge is 0.313 e. The summed E-state index contributed by atoms with van der Waals surface area (Å²) in [5.41, 5.74) is 2.42. The molecule has 4 nitrogen and oxygen atoms in total. The van der Waals surface area contributed by atoms with Crippen molar-refractivity contribution in [2.75, 3.05) is 12.8 Å². The summed E-state index contributed by atoms with van der Waals surface area (Å²) in [5, 5.41) is 7.81. The molecule has 0 radical (unpaired) electrons. The topological polar surface area (TPSA) is 46.9 Å². The first-order valence-electron chi connectivity index (χ1n) is 5.52. The molecule has 0 saturated carbocycles. The van der Waals surface area contributed by atoms with Crippen LogP contribution in [-0.2, 0) is 24.4 Å². The molecule has 1 heterocycles. The fraction of sp³-hybridized carbons (Fsp3) is 0.727. The highest BCUT2D eigenvalue weighted by Gasteiger charge is 2.06. The Hall–Kier alpha value is -0.680. The normalized spacial score (nSPS) is 15.0. The first-order chi connectivity index (χ1) is 7.52. The fourth-order valence-electron chi connectivity index (χ4n) is 1.41. The highest BCUT2D eigenvalue weighted by atomic mass is 32.2. The van der Waals surface area contributed by atoms with Gasteiger partial charge in [0.05, 0.1) is 6.20 Å². The molecule has 0 spiro atoms. The van der Waals surface area contributed by atoms with Crippen molar-refractivity contribution in [3.8, 4) is 0 Å². The van der Waals surface area contributed by atoms with Gasteiger partial charge < -0.3 is 5.32 Å². The third kappa shape index (κ3) is 3.72. The van der Waals surface area contributed by atoms with E-state index in [4.69, 9.17) is 0 Å². The van der Waals surface area contributed by atoms with E-state index in [0.717, 1.165) is 19.5 Å². The van der Waals surface area contributed by atoms with Crippen LogP contribution in [-0.4, -0.2) is 32.0 Å². The molecular formula is C11H21N3OS. The first-order valence-corrected chi connectivity index (χ1v) is 7.15. The lowest BCUT2D eigenvalue weighted by atomic mass is 10.2. The molecule has 0 aliphatic heterocycles. The summed E-state index contributed by atoms with van der Waals surface area (Å²) in [6, 6.07) is 0. The Morgan fingerprint density at radius 2 is 2.31 bits per heavy atom. The Balaban J connectivity index is 2.26. The summed E-state index contributed by atoms with van der Waals surface area (Å²) in [6.45, 7) is 5.82. The zero-order valence-corrected chi connectivity index (χ0v) is 11.3. The van der Waals surface area contributed by atoms with Crippen molar-refractivity contribution in [3.63, 3.8) is 0 Å². The zero-order chi connectivity index (χ0) is 12.1. The summed E-state index contributed by atoms with van der Waals surface area (Å²) in [5.74, 6) is 0. The van der Waals surface area contributed by atoms with Gasteiger partial charge in [0.15, 0.2) is 0 Å². The zero-order valence-electron chi connectivity index (χ0n) is 10.5. The average molecular weight is 243 g/mol. The number of nitrogens with one attached hydrogen (secondary N) is 1. The summed E-state index contributed by atoms with van der Waals surface area (Å²) < 4.78 is 13.0. The van der Waals surface area contributed by atoms with Gasteiger partial charge in [-0.05, 0) is 19.9 Å². The molecule has 1 rings (SSSR count). The molecule has 0 aromatic carbocycles. The Kier molecular flexibility index (Phi) is 5.15. The number of aromatic nitrogens is 2. The van der Waals surface area contributed by atoms with Crippen LogP contribution < -0.4 is 5.32 Å². The van der Waals surface area contributed by atoms with Gasteiger partial charge in [-0.25, -0.2) is 0 Å². The van der Waals surface area contributed by atoms with Crippen LogP contribution >= 0.6 is 0 Å². The lowest BCUT2D eigenvalue weighted by Crippen LogP contribution is -2.21. The van der Waals surface area contributed by atoms with Gasteiger partial charge in [0.1, 0.15) is 0 Å². The van der Waals surface area contributed by atoms with Crippen LogP contribution in [0.5, 0.6) is 0 Å². The van der Waals surface area contributed by atoms with Crippen LogP contribution in [0.25, 0.3) is 0 Å². The van der Waals surface area contributed by atoms with Crippen molar-refractivity contribution in [2.45, 2.75) is 32.1 Å². The maximum absolute atomic E-state index is 11.1. The van der Waals surface area contributed by atoms with Gasteiger partial charge in [0.25, 0.3) is 0 Å². The van der Waals surface area contributed by atoms with E-state index < -0.39 is 10.8 Å². The van der Waals surface area contributed by atoms with Gasteiger partial charge in [0.2, 0.25) is 0 Å². The van der Waals surface area contributed by atoms with Gasteiger partial charge in [-0.2, -0.15) is 5.10 Å². The maximum Gasteiger partial charge on any atom is 0.0537 e. The predicted octanol–water partition coefficient (Wildman–Crippen LogP) is 0.975. The van der Waals surface area contributed by atoms with E-state index in [2.05, 4.69) is 17.3 Å². The summed E-state index contributed by atoms with van der Waals surface area (Å²) in [4.78, 5) is 0. The number of hydrogen-bond donors (Lipinski definition) is 1. The second-order valence-corrected chi connectivity index (χ2v) is 5.96. The van der Waals surface area contributed by atoms with Gasteiger partial charge in [-0.1, -0.05) is 6.92 Å². The average Bonchev–Trinajstić information content (AvgIpc) is 2.55. The second-order valence-electron chi connectivity index (χ2n) is 4.15. The fourth-order valence-corrected chi connectivity index (χ4v) is 1.86. The van der Waals surface area contributed by atoms with Crippen molar-refractivity contribution in [3.05, 3.63) is 17.5 Å². The maximum atomic E-state index is 11.1. The lowest BCUT2D eigenvalue weighted by molar-refractivity contribution is 0.627. The minimum absolute atomic E-state index is 0.266. The third-order valence-corrected chi connectivity index (χ3v) is 4.32. The minimum Gasteiger partial charge on any atom is -0.313 e. The molecule has 1 N–H and O–H groups in total. The number of hydrogen-bond acceptors (Lipinski definition) is 3. The first kappa shape index (κ1) is 13.4. The van der Waals surface area contributed by atoms with Crippen molar-refractivity contribution >= 4 is 10.8 Å². The molecule has 0 amide bonds. The molecule has 92 valence electrons. The van der Waals surface area contributed by atoms with Crippen molar-refractivity contribution < 1.29 is 4.21 Å². The second kappa shape index (κ2) is 6.15. The molecule has 1 aromatic heterocycles. The Labute approximate surface area is 99.9 Å². The van der Waals surface area contributed by atoms with E-state index in [9.17, 15) is 4.21 Å². The molecule has 0 aliphatic carbocycles. The predicted molar refractivity (Wildman–Crippen MR) is 67.8 cm³/mol. The molecule has 0 bridgehead atoms. The van der Waals surface area contributed by atoms with Gasteiger partial charge in [-0.15, -0.1) is 0 Å². The van der Waals surface area contributed by atoms with Crippen molar-refractivity contribution in [1.82, 2.24) is 15.1 Å².